The number of hydrogen-bond acceptors (Lipinski definition) is 4. The number of fused-ring (bicyclic) bond motifs is 3. The highest BCUT2D eigenvalue weighted by atomic mass is 16.1. The van der Waals surface area contributed by atoms with Crippen LogP contribution < -0.4 is 9.80 Å². The summed E-state index contributed by atoms with van der Waals surface area (Å²) in [7, 11) is 0. The van der Waals surface area contributed by atoms with Gasteiger partial charge in [-0.2, -0.15) is 0 Å². The number of nitrogens with zero attached hydrogens (tertiary/aromatic N) is 3. The largest absolute Gasteiger partial charge is 0.310 e. The van der Waals surface area contributed by atoms with E-state index in [-0.39, 0.29) is 5.78 Å². The van der Waals surface area contributed by atoms with Crippen LogP contribution in [0.4, 0.5) is 11.4 Å². The number of ketones is 1. The molecule has 0 unspecified atom stereocenters. The molecular formula is C13H15N3O. The molecule has 0 saturated heterocycles. The van der Waals surface area contributed by atoms with Gasteiger partial charge in [0.2, 0.25) is 5.96 Å². The zero-order valence-electron chi connectivity index (χ0n) is 9.89. The second-order valence-electron chi connectivity index (χ2n) is 4.46. The lowest BCUT2D eigenvalue weighted by atomic mass is 10.2. The van der Waals surface area contributed by atoms with E-state index in [1.807, 2.05) is 17.0 Å². The van der Waals surface area contributed by atoms with Crippen molar-refractivity contribution in [2.75, 3.05) is 29.4 Å². The highest BCUT2D eigenvalue weighted by Gasteiger charge is 2.33. The van der Waals surface area contributed by atoms with Gasteiger partial charge in [-0.3, -0.25) is 9.79 Å². The molecule has 1 aromatic carbocycles. The number of benzene rings is 1. The molecule has 0 aromatic heterocycles. The number of aliphatic imine (C=N–C) groups is 1. The Morgan fingerprint density at radius 1 is 1.35 bits per heavy atom. The van der Waals surface area contributed by atoms with Gasteiger partial charge >= 0.3 is 0 Å². The van der Waals surface area contributed by atoms with E-state index in [2.05, 4.69) is 22.0 Å². The summed E-state index contributed by atoms with van der Waals surface area (Å²) in [6.45, 7) is 3.87. The Bertz CT molecular complexity index is 495. The van der Waals surface area contributed by atoms with Crippen LogP contribution in [0.5, 0.6) is 0 Å². The average Bonchev–Trinajstić information content (AvgIpc) is 2.65. The maximum Gasteiger partial charge on any atom is 0.206 e. The summed E-state index contributed by atoms with van der Waals surface area (Å²) >= 11 is 0. The quantitative estimate of drug-likeness (QED) is 0.773. The minimum atomic E-state index is 0.162. The molecule has 17 heavy (non-hydrogen) atoms. The fourth-order valence-corrected chi connectivity index (χ4v) is 2.46. The van der Waals surface area contributed by atoms with Gasteiger partial charge in [-0.1, -0.05) is 12.1 Å². The van der Waals surface area contributed by atoms with E-state index in [1.54, 1.807) is 6.92 Å². The van der Waals surface area contributed by atoms with Crippen LogP contribution in [0.3, 0.4) is 0 Å². The third kappa shape index (κ3) is 1.60. The Balaban J connectivity index is 2.07. The van der Waals surface area contributed by atoms with E-state index < -0.39 is 0 Å². The Labute approximate surface area is 101 Å². The summed E-state index contributed by atoms with van der Waals surface area (Å²) in [4.78, 5) is 20.2. The first-order chi connectivity index (χ1) is 8.27. The molecule has 3 rings (SSSR count). The number of guanidine groups is 1. The van der Waals surface area contributed by atoms with E-state index in [1.165, 1.54) is 5.69 Å². The van der Waals surface area contributed by atoms with Crippen molar-refractivity contribution in [1.82, 2.24) is 0 Å². The first-order valence-electron chi connectivity index (χ1n) is 5.95. The molecule has 0 aliphatic carbocycles. The minimum absolute atomic E-state index is 0.162. The van der Waals surface area contributed by atoms with Crippen LogP contribution in [0.15, 0.2) is 29.3 Å². The van der Waals surface area contributed by atoms with Crippen molar-refractivity contribution in [3.63, 3.8) is 0 Å². The molecule has 0 N–H and O–H groups in total. The molecule has 0 bridgehead atoms. The van der Waals surface area contributed by atoms with Gasteiger partial charge in [0, 0.05) is 13.1 Å². The summed E-state index contributed by atoms with van der Waals surface area (Å²) in [5, 5.41) is 0. The third-order valence-corrected chi connectivity index (χ3v) is 3.12. The summed E-state index contributed by atoms with van der Waals surface area (Å²) in [5.41, 5.74) is 2.27. The summed E-state index contributed by atoms with van der Waals surface area (Å²) in [6.07, 6.45) is 1.08. The third-order valence-electron chi connectivity index (χ3n) is 3.12. The van der Waals surface area contributed by atoms with E-state index >= 15 is 0 Å². The van der Waals surface area contributed by atoms with E-state index in [9.17, 15) is 4.79 Å². The smallest absolute Gasteiger partial charge is 0.206 e. The first kappa shape index (κ1) is 10.3. The molecule has 2 heterocycles. The predicted molar refractivity (Wildman–Crippen MR) is 68.7 cm³/mol. The number of anilines is 2. The van der Waals surface area contributed by atoms with Gasteiger partial charge in [0.15, 0.2) is 0 Å². The predicted octanol–water partition coefficient (Wildman–Crippen LogP) is 1.66. The van der Waals surface area contributed by atoms with Gasteiger partial charge < -0.3 is 9.80 Å². The monoisotopic (exact) mass is 229 g/mol. The maximum absolute atomic E-state index is 11.4. The number of rotatable bonds is 2. The number of para-hydroxylation sites is 2. The molecule has 88 valence electrons. The molecule has 1 aromatic rings. The Hall–Kier alpha value is -1.84. The van der Waals surface area contributed by atoms with E-state index in [4.69, 9.17) is 0 Å². The van der Waals surface area contributed by atoms with Crippen molar-refractivity contribution in [3.8, 4) is 0 Å². The van der Waals surface area contributed by atoms with Gasteiger partial charge in [0.1, 0.15) is 5.78 Å². The van der Waals surface area contributed by atoms with Crippen molar-refractivity contribution >= 4 is 23.1 Å². The van der Waals surface area contributed by atoms with Gasteiger partial charge in [-0.15, -0.1) is 0 Å². The second-order valence-corrected chi connectivity index (χ2v) is 4.46. The Morgan fingerprint density at radius 3 is 2.88 bits per heavy atom. The lowest BCUT2D eigenvalue weighted by Gasteiger charge is -2.26. The summed E-state index contributed by atoms with van der Waals surface area (Å²) < 4.78 is 0. The molecule has 0 atom stereocenters. The van der Waals surface area contributed by atoms with Gasteiger partial charge in [-0.05, 0) is 25.5 Å². The van der Waals surface area contributed by atoms with Crippen molar-refractivity contribution in [2.24, 2.45) is 4.99 Å². The molecule has 0 saturated carbocycles. The van der Waals surface area contributed by atoms with Gasteiger partial charge in [0.25, 0.3) is 0 Å². The molecule has 0 spiro atoms. The number of carbonyl (C=O) groups excluding carboxylic acids is 1. The molecular weight excluding hydrogens is 214 g/mol. The van der Waals surface area contributed by atoms with E-state index in [0.717, 1.165) is 31.2 Å². The average molecular weight is 229 g/mol. The normalized spacial score (nSPS) is 17.6. The highest BCUT2D eigenvalue weighted by molar-refractivity contribution is 6.18. The Kier molecular flexibility index (Phi) is 2.35. The zero-order valence-corrected chi connectivity index (χ0v) is 9.89. The molecule has 2 aliphatic rings. The van der Waals surface area contributed by atoms with Crippen LogP contribution in [0.25, 0.3) is 0 Å². The second kappa shape index (κ2) is 3.87. The van der Waals surface area contributed by atoms with Crippen LogP contribution in [0.1, 0.15) is 13.3 Å². The molecule has 0 radical (unpaired) electrons. The lowest BCUT2D eigenvalue weighted by Crippen LogP contribution is -2.43. The van der Waals surface area contributed by atoms with Crippen LogP contribution in [0.2, 0.25) is 0 Å². The highest BCUT2D eigenvalue weighted by Crippen LogP contribution is 2.37. The SMILES string of the molecule is CC(=O)CN1C2=NCCCN2c2ccccc21. The van der Waals surface area contributed by atoms with Crippen molar-refractivity contribution in [2.45, 2.75) is 13.3 Å². The zero-order chi connectivity index (χ0) is 11.8. The van der Waals surface area contributed by atoms with Crippen LogP contribution in [0, 0.1) is 0 Å². The molecule has 0 fully saturated rings. The minimum Gasteiger partial charge on any atom is -0.310 e. The van der Waals surface area contributed by atoms with E-state index in [0.29, 0.717) is 6.54 Å². The molecule has 0 amide bonds. The first-order valence-corrected chi connectivity index (χ1v) is 5.95. The van der Waals surface area contributed by atoms with Crippen LogP contribution in [-0.4, -0.2) is 31.4 Å². The van der Waals surface area contributed by atoms with Gasteiger partial charge in [-0.25, -0.2) is 0 Å². The summed E-state index contributed by atoms with van der Waals surface area (Å²) in [5.74, 6) is 1.10. The van der Waals surface area contributed by atoms with Crippen molar-refractivity contribution < 1.29 is 4.79 Å². The van der Waals surface area contributed by atoms with Crippen LogP contribution in [-0.2, 0) is 4.79 Å². The number of Topliss-reactive ketones (excluding diaryl/α,β-unsaturated/α-hetero) is 1. The topological polar surface area (TPSA) is 35.9 Å². The Morgan fingerprint density at radius 2 is 2.12 bits per heavy atom. The molecule has 4 nitrogen and oxygen atoms in total. The maximum atomic E-state index is 11.4. The molecule has 2 aliphatic heterocycles. The van der Waals surface area contributed by atoms with Crippen molar-refractivity contribution in [3.05, 3.63) is 24.3 Å². The van der Waals surface area contributed by atoms with Crippen molar-refractivity contribution in [1.29, 1.82) is 0 Å². The molecule has 4 heteroatoms. The number of carbonyl (C=O) groups is 1. The fraction of sp³-hybridized carbons (Fsp3) is 0.385. The standard InChI is InChI=1S/C13H15N3O/c1-10(17)9-16-12-6-3-2-5-11(12)15-8-4-7-14-13(15)16/h2-3,5-6H,4,7-9H2,1H3. The summed E-state index contributed by atoms with van der Waals surface area (Å²) in [6, 6.07) is 8.18. The lowest BCUT2D eigenvalue weighted by molar-refractivity contribution is -0.115. The number of hydrogen-bond donors (Lipinski definition) is 0. The van der Waals surface area contributed by atoms with Gasteiger partial charge in [0.05, 0.1) is 17.9 Å². The fourth-order valence-electron chi connectivity index (χ4n) is 2.46. The van der Waals surface area contributed by atoms with Crippen LogP contribution >= 0.6 is 0 Å².